The molecule has 0 unspecified atom stereocenters. The number of amides is 1. The van der Waals surface area contributed by atoms with E-state index in [1.807, 2.05) is 0 Å². The lowest BCUT2D eigenvalue weighted by atomic mass is 10.2. The number of nitrogens with zero attached hydrogens (tertiary/aromatic N) is 1. The topological polar surface area (TPSA) is 32.3 Å². The Labute approximate surface area is 121 Å². The lowest BCUT2D eigenvalue weighted by Crippen LogP contribution is -2.34. The van der Waals surface area contributed by atoms with Crippen molar-refractivity contribution in [3.05, 3.63) is 28.5 Å². The number of rotatable bonds is 3. The monoisotopic (exact) mass is 328 g/mol. The highest BCUT2D eigenvalue weighted by atomic mass is 79.9. The van der Waals surface area contributed by atoms with Crippen molar-refractivity contribution >= 4 is 27.5 Å². The third-order valence-electron chi connectivity index (χ3n) is 3.27. The second-order valence-electron chi connectivity index (χ2n) is 4.86. The zero-order valence-corrected chi connectivity index (χ0v) is 12.4. The molecule has 1 heterocycles. The number of anilines is 1. The summed E-state index contributed by atoms with van der Waals surface area (Å²) in [5.74, 6) is -0.568. The van der Waals surface area contributed by atoms with Crippen molar-refractivity contribution in [1.29, 1.82) is 0 Å². The molecule has 0 spiro atoms. The summed E-state index contributed by atoms with van der Waals surface area (Å²) in [6, 6.07) is 4.63. The molecule has 1 aromatic carbocycles. The van der Waals surface area contributed by atoms with E-state index >= 15 is 0 Å². The zero-order chi connectivity index (χ0) is 13.7. The summed E-state index contributed by atoms with van der Waals surface area (Å²) in [5.41, 5.74) is 0.239. The minimum atomic E-state index is -0.418. The van der Waals surface area contributed by atoms with E-state index in [1.54, 1.807) is 12.1 Å². The fourth-order valence-electron chi connectivity index (χ4n) is 2.28. The highest BCUT2D eigenvalue weighted by Crippen LogP contribution is 2.19. The van der Waals surface area contributed by atoms with E-state index in [9.17, 15) is 9.18 Å². The van der Waals surface area contributed by atoms with Crippen LogP contribution in [0.25, 0.3) is 0 Å². The predicted molar refractivity (Wildman–Crippen MR) is 77.6 cm³/mol. The molecule has 1 saturated heterocycles. The van der Waals surface area contributed by atoms with Crippen LogP contribution in [0.1, 0.15) is 25.7 Å². The molecule has 1 amide bonds. The third-order valence-corrected chi connectivity index (χ3v) is 3.76. The Morgan fingerprint density at radius 1 is 1.26 bits per heavy atom. The molecule has 5 heteroatoms. The van der Waals surface area contributed by atoms with Crippen LogP contribution in [-0.2, 0) is 4.79 Å². The van der Waals surface area contributed by atoms with Crippen LogP contribution in [0, 0.1) is 5.82 Å². The second kappa shape index (κ2) is 7.01. The van der Waals surface area contributed by atoms with Gasteiger partial charge in [-0.1, -0.05) is 28.8 Å². The van der Waals surface area contributed by atoms with Gasteiger partial charge < -0.3 is 5.32 Å². The van der Waals surface area contributed by atoms with Gasteiger partial charge in [0.1, 0.15) is 5.82 Å². The highest BCUT2D eigenvalue weighted by Gasteiger charge is 2.14. The first-order valence-corrected chi connectivity index (χ1v) is 7.42. The van der Waals surface area contributed by atoms with Gasteiger partial charge in [0.15, 0.2) is 0 Å². The van der Waals surface area contributed by atoms with Crippen LogP contribution in [-0.4, -0.2) is 30.4 Å². The van der Waals surface area contributed by atoms with E-state index in [1.165, 1.54) is 18.9 Å². The lowest BCUT2D eigenvalue weighted by Gasteiger charge is -2.19. The first-order valence-electron chi connectivity index (χ1n) is 6.62. The van der Waals surface area contributed by atoms with Crippen molar-refractivity contribution in [2.24, 2.45) is 0 Å². The summed E-state index contributed by atoms with van der Waals surface area (Å²) in [7, 11) is 0. The van der Waals surface area contributed by atoms with E-state index in [4.69, 9.17) is 0 Å². The lowest BCUT2D eigenvalue weighted by molar-refractivity contribution is -0.117. The number of nitrogens with one attached hydrogen (secondary N) is 1. The number of benzene rings is 1. The quantitative estimate of drug-likeness (QED) is 0.922. The molecule has 2 rings (SSSR count). The first-order chi connectivity index (χ1) is 9.15. The first kappa shape index (κ1) is 14.5. The van der Waals surface area contributed by atoms with Crippen LogP contribution < -0.4 is 5.32 Å². The van der Waals surface area contributed by atoms with Crippen LogP contribution in [0.3, 0.4) is 0 Å². The standard InChI is InChI=1S/C14H18BrFN2O/c15-11-5-6-13(12(16)9-11)17-14(19)10-18-7-3-1-2-4-8-18/h5-6,9H,1-4,7-8,10H2,(H,17,19). The fourth-order valence-corrected chi connectivity index (χ4v) is 2.61. The normalized spacial score (nSPS) is 16.9. The third kappa shape index (κ3) is 4.58. The van der Waals surface area contributed by atoms with Crippen LogP contribution in [0.15, 0.2) is 22.7 Å². The number of halogens is 2. The number of carbonyl (C=O) groups excluding carboxylic acids is 1. The Morgan fingerprint density at radius 2 is 1.95 bits per heavy atom. The Balaban J connectivity index is 1.89. The molecule has 0 aliphatic carbocycles. The van der Waals surface area contributed by atoms with Gasteiger partial charge in [0.05, 0.1) is 12.2 Å². The summed E-state index contributed by atoms with van der Waals surface area (Å²) in [4.78, 5) is 14.0. The molecule has 0 radical (unpaired) electrons. The fraction of sp³-hybridized carbons (Fsp3) is 0.500. The van der Waals surface area contributed by atoms with Gasteiger partial charge in [-0.05, 0) is 44.1 Å². The van der Waals surface area contributed by atoms with Crippen molar-refractivity contribution in [3.8, 4) is 0 Å². The van der Waals surface area contributed by atoms with Gasteiger partial charge in [0.2, 0.25) is 5.91 Å². The van der Waals surface area contributed by atoms with E-state index < -0.39 is 5.82 Å². The van der Waals surface area contributed by atoms with Crippen molar-refractivity contribution in [3.63, 3.8) is 0 Å². The summed E-state index contributed by atoms with van der Waals surface area (Å²) in [6.45, 7) is 2.25. The average Bonchev–Trinajstić information content (AvgIpc) is 2.61. The van der Waals surface area contributed by atoms with Crippen LogP contribution in [0.5, 0.6) is 0 Å². The molecule has 1 fully saturated rings. The molecular weight excluding hydrogens is 311 g/mol. The number of hydrogen-bond acceptors (Lipinski definition) is 2. The van der Waals surface area contributed by atoms with Gasteiger partial charge in [0, 0.05) is 4.47 Å². The zero-order valence-electron chi connectivity index (χ0n) is 10.8. The van der Waals surface area contributed by atoms with Gasteiger partial charge in [-0.15, -0.1) is 0 Å². The van der Waals surface area contributed by atoms with E-state index in [0.717, 1.165) is 25.9 Å². The minimum absolute atomic E-state index is 0.150. The van der Waals surface area contributed by atoms with Gasteiger partial charge in [-0.3, -0.25) is 9.69 Å². The summed E-state index contributed by atoms with van der Waals surface area (Å²) in [5, 5.41) is 2.63. The molecule has 0 aromatic heterocycles. The molecule has 1 aromatic rings. The smallest absolute Gasteiger partial charge is 0.238 e. The maximum atomic E-state index is 13.6. The summed E-state index contributed by atoms with van der Waals surface area (Å²) >= 11 is 3.19. The SMILES string of the molecule is O=C(CN1CCCCCC1)Nc1ccc(Br)cc1F. The van der Waals surface area contributed by atoms with Crippen molar-refractivity contribution in [2.45, 2.75) is 25.7 Å². The number of carbonyl (C=O) groups is 1. The molecular formula is C14H18BrFN2O. The maximum Gasteiger partial charge on any atom is 0.238 e. The van der Waals surface area contributed by atoms with E-state index in [0.29, 0.717) is 11.0 Å². The molecule has 3 nitrogen and oxygen atoms in total. The molecule has 0 bridgehead atoms. The van der Waals surface area contributed by atoms with Crippen molar-refractivity contribution < 1.29 is 9.18 Å². The van der Waals surface area contributed by atoms with Gasteiger partial charge in [-0.2, -0.15) is 0 Å². The van der Waals surface area contributed by atoms with Crippen LogP contribution >= 0.6 is 15.9 Å². The minimum Gasteiger partial charge on any atom is -0.322 e. The molecule has 1 aliphatic heterocycles. The maximum absolute atomic E-state index is 13.6. The molecule has 1 N–H and O–H groups in total. The Morgan fingerprint density at radius 3 is 2.58 bits per heavy atom. The largest absolute Gasteiger partial charge is 0.322 e. The Hall–Kier alpha value is -0.940. The van der Waals surface area contributed by atoms with Crippen molar-refractivity contribution in [2.75, 3.05) is 25.0 Å². The predicted octanol–water partition coefficient (Wildman–Crippen LogP) is 3.40. The van der Waals surface area contributed by atoms with Gasteiger partial charge in [0.25, 0.3) is 0 Å². The van der Waals surface area contributed by atoms with Crippen LogP contribution in [0.2, 0.25) is 0 Å². The van der Waals surface area contributed by atoms with E-state index in [2.05, 4.69) is 26.1 Å². The number of likely N-dealkylation sites (tertiary alicyclic amines) is 1. The van der Waals surface area contributed by atoms with E-state index in [-0.39, 0.29) is 11.6 Å². The molecule has 1 aliphatic rings. The molecule has 0 saturated carbocycles. The second-order valence-corrected chi connectivity index (χ2v) is 5.78. The highest BCUT2D eigenvalue weighted by molar-refractivity contribution is 9.10. The summed E-state index contributed by atoms with van der Waals surface area (Å²) < 4.78 is 14.3. The Kier molecular flexibility index (Phi) is 5.34. The summed E-state index contributed by atoms with van der Waals surface area (Å²) in [6.07, 6.45) is 4.75. The van der Waals surface area contributed by atoms with Gasteiger partial charge in [-0.25, -0.2) is 4.39 Å². The molecule has 0 atom stereocenters. The average molecular weight is 329 g/mol. The molecule has 104 valence electrons. The van der Waals surface area contributed by atoms with Crippen LogP contribution in [0.4, 0.5) is 10.1 Å². The van der Waals surface area contributed by atoms with Crippen molar-refractivity contribution in [1.82, 2.24) is 4.90 Å². The molecule has 19 heavy (non-hydrogen) atoms. The Bertz CT molecular complexity index is 445. The van der Waals surface area contributed by atoms with Gasteiger partial charge >= 0.3 is 0 Å². The number of hydrogen-bond donors (Lipinski definition) is 1.